The van der Waals surface area contributed by atoms with Gasteiger partial charge in [-0.3, -0.25) is 4.90 Å². The van der Waals surface area contributed by atoms with E-state index in [-0.39, 0.29) is 11.1 Å². The van der Waals surface area contributed by atoms with Gasteiger partial charge in [-0.05, 0) is 137 Å². The van der Waals surface area contributed by atoms with Crippen LogP contribution in [0.2, 0.25) is 0 Å². The molecule has 8 saturated carbocycles. The molecule has 3 aromatic carbocycles. The molecule has 8 fully saturated rings. The van der Waals surface area contributed by atoms with Crippen LogP contribution in [0, 0.1) is 35.5 Å². The quantitative estimate of drug-likeness (QED) is 0.280. The predicted molar refractivity (Wildman–Crippen MR) is 192 cm³/mol. The Hall–Kier alpha value is -3.99. The second-order valence-corrected chi connectivity index (χ2v) is 17.1. The van der Waals surface area contributed by atoms with Crippen LogP contribution >= 0.6 is 0 Å². The number of benzene rings is 3. The molecule has 0 saturated heterocycles. The molecule has 0 unspecified atom stereocenters. The number of nitrogens with zero attached hydrogens (tertiary/aromatic N) is 5. The van der Waals surface area contributed by atoms with Gasteiger partial charge in [-0.25, -0.2) is 5.01 Å². The first-order chi connectivity index (χ1) is 23.6. The fourth-order valence-electron chi connectivity index (χ4n) is 13.0. The van der Waals surface area contributed by atoms with E-state index in [9.17, 15) is 0 Å². The standard InChI is InChI=1S/C43H47N5/c1-4-10-36(11-5-1)39-44-48(38-14-8-3-9-15-38)41(47(39)37-12-6-2-7-13-37)40-45(42-24-30-18-31(25-42)20-32(19-30)26-42)16-17-46(40)43-27-33-21-34(28-43)23-35(22-33)29-43/h1-17,30-35H,18-29H2. The minimum atomic E-state index is 0.185. The van der Waals surface area contributed by atoms with E-state index < -0.39 is 0 Å². The lowest BCUT2D eigenvalue weighted by Gasteiger charge is -2.62. The van der Waals surface area contributed by atoms with E-state index in [0.29, 0.717) is 0 Å². The van der Waals surface area contributed by atoms with Gasteiger partial charge in [0.1, 0.15) is 0 Å². The fraction of sp³-hybridized carbons (Fsp3) is 0.465. The zero-order valence-electron chi connectivity index (χ0n) is 28.0. The Kier molecular flexibility index (Phi) is 5.97. The maximum Gasteiger partial charge on any atom is 0.182 e. The van der Waals surface area contributed by atoms with Crippen LogP contribution < -0.4 is 9.91 Å². The maximum absolute atomic E-state index is 5.61. The first-order valence-electron chi connectivity index (χ1n) is 19.0. The monoisotopic (exact) mass is 633 g/mol. The van der Waals surface area contributed by atoms with Crippen molar-refractivity contribution < 1.29 is 0 Å². The van der Waals surface area contributed by atoms with Crippen LogP contribution in [0.5, 0.6) is 0 Å². The first-order valence-corrected chi connectivity index (χ1v) is 19.0. The molecule has 0 spiro atoms. The second kappa shape index (κ2) is 10.3. The summed E-state index contributed by atoms with van der Waals surface area (Å²) >= 11 is 0. The molecule has 0 aromatic heterocycles. The molecular weight excluding hydrogens is 587 g/mol. The van der Waals surface area contributed by atoms with Crippen molar-refractivity contribution in [2.24, 2.45) is 40.6 Å². The molecule has 3 aromatic rings. The highest BCUT2D eigenvalue weighted by Crippen LogP contribution is 2.63. The Morgan fingerprint density at radius 1 is 0.458 bits per heavy atom. The largest absolute Gasteiger partial charge is 0.324 e. The third-order valence-electron chi connectivity index (χ3n) is 13.9. The Labute approximate surface area is 285 Å². The Morgan fingerprint density at radius 2 is 0.854 bits per heavy atom. The van der Waals surface area contributed by atoms with Gasteiger partial charge in [0.05, 0.1) is 5.69 Å². The lowest BCUT2D eigenvalue weighted by atomic mass is 9.52. The van der Waals surface area contributed by atoms with Crippen LogP contribution in [0.25, 0.3) is 0 Å². The lowest BCUT2D eigenvalue weighted by Crippen LogP contribution is -2.62. The van der Waals surface area contributed by atoms with E-state index in [1.54, 1.807) is 0 Å². The van der Waals surface area contributed by atoms with E-state index in [0.717, 1.165) is 52.6 Å². The summed E-state index contributed by atoms with van der Waals surface area (Å²) in [6.45, 7) is 0. The average molecular weight is 634 g/mol. The number of hydrazone groups is 1. The lowest BCUT2D eigenvalue weighted by molar-refractivity contribution is -0.0853. The third kappa shape index (κ3) is 4.12. The van der Waals surface area contributed by atoms with E-state index in [1.807, 2.05) is 0 Å². The smallest absolute Gasteiger partial charge is 0.182 e. The number of amidine groups is 1. The molecule has 0 amide bonds. The Bertz CT molecular complexity index is 1680. The van der Waals surface area contributed by atoms with Gasteiger partial charge in [0.25, 0.3) is 0 Å². The van der Waals surface area contributed by atoms with Crippen molar-refractivity contribution in [1.82, 2.24) is 9.80 Å². The molecule has 0 N–H and O–H groups in total. The van der Waals surface area contributed by atoms with Crippen molar-refractivity contribution in [3.05, 3.63) is 121 Å². The highest BCUT2D eigenvalue weighted by atomic mass is 15.6. The van der Waals surface area contributed by atoms with Crippen LogP contribution in [0.4, 0.5) is 11.4 Å². The van der Waals surface area contributed by atoms with Gasteiger partial charge < -0.3 is 9.80 Å². The van der Waals surface area contributed by atoms with Gasteiger partial charge in [-0.15, -0.1) is 5.10 Å². The number of hydrogen-bond donors (Lipinski definition) is 0. The van der Waals surface area contributed by atoms with Gasteiger partial charge >= 0.3 is 0 Å². The zero-order valence-corrected chi connectivity index (χ0v) is 28.0. The normalized spacial score (nSPS) is 37.4. The number of rotatable bonds is 5. The SMILES string of the molecule is C1=CN(C23CC4CC(CC(C4)C2)C3)C(=C2N(c3ccccc3)N=C(c3ccccc3)N2c2ccccc2)N1C12CC3CC(CC(C3)C1)C2. The summed E-state index contributed by atoms with van der Waals surface area (Å²) < 4.78 is 0. The minimum Gasteiger partial charge on any atom is -0.324 e. The highest BCUT2D eigenvalue weighted by molar-refractivity contribution is 6.15. The van der Waals surface area contributed by atoms with Gasteiger partial charge in [-0.1, -0.05) is 66.7 Å². The van der Waals surface area contributed by atoms with Crippen molar-refractivity contribution in [3.8, 4) is 0 Å². The van der Waals surface area contributed by atoms with E-state index in [2.05, 4.69) is 123 Å². The van der Waals surface area contributed by atoms with E-state index >= 15 is 0 Å². The molecule has 8 bridgehead atoms. The highest BCUT2D eigenvalue weighted by Gasteiger charge is 2.60. The molecule has 10 aliphatic rings. The van der Waals surface area contributed by atoms with Crippen molar-refractivity contribution in [2.45, 2.75) is 88.1 Å². The van der Waals surface area contributed by atoms with Crippen molar-refractivity contribution >= 4 is 17.2 Å². The van der Waals surface area contributed by atoms with Crippen LogP contribution in [0.1, 0.15) is 82.6 Å². The topological polar surface area (TPSA) is 25.3 Å². The molecule has 5 nitrogen and oxygen atoms in total. The van der Waals surface area contributed by atoms with Gasteiger partial charge in [-0.2, -0.15) is 0 Å². The molecule has 5 heteroatoms. The summed E-state index contributed by atoms with van der Waals surface area (Å²) in [4.78, 5) is 8.23. The summed E-state index contributed by atoms with van der Waals surface area (Å²) in [6.07, 6.45) is 21.8. The number of para-hydroxylation sites is 2. The van der Waals surface area contributed by atoms with Crippen molar-refractivity contribution in [3.63, 3.8) is 0 Å². The molecule has 48 heavy (non-hydrogen) atoms. The molecule has 8 aliphatic carbocycles. The summed E-state index contributed by atoms with van der Waals surface area (Å²) in [7, 11) is 0. The van der Waals surface area contributed by atoms with Crippen LogP contribution in [-0.4, -0.2) is 26.7 Å². The van der Waals surface area contributed by atoms with Gasteiger partial charge in [0.2, 0.25) is 0 Å². The number of anilines is 2. The van der Waals surface area contributed by atoms with E-state index in [1.165, 1.54) is 94.4 Å². The molecule has 244 valence electrons. The Morgan fingerprint density at radius 3 is 1.29 bits per heavy atom. The molecule has 2 aliphatic heterocycles. The summed E-state index contributed by atoms with van der Waals surface area (Å²) in [5, 5.41) is 7.92. The third-order valence-corrected chi connectivity index (χ3v) is 13.9. The van der Waals surface area contributed by atoms with Crippen LogP contribution in [-0.2, 0) is 0 Å². The van der Waals surface area contributed by atoms with Gasteiger partial charge in [0.15, 0.2) is 17.5 Å². The zero-order chi connectivity index (χ0) is 31.5. The van der Waals surface area contributed by atoms with E-state index in [4.69, 9.17) is 5.10 Å². The second-order valence-electron chi connectivity index (χ2n) is 17.1. The first kappa shape index (κ1) is 27.9. The number of hydrogen-bond acceptors (Lipinski definition) is 5. The summed E-state index contributed by atoms with van der Waals surface area (Å²) in [5.74, 6) is 8.83. The maximum atomic E-state index is 5.61. The Balaban J connectivity index is 1.17. The minimum absolute atomic E-state index is 0.185. The predicted octanol–water partition coefficient (Wildman–Crippen LogP) is 9.53. The molecule has 0 atom stereocenters. The van der Waals surface area contributed by atoms with Gasteiger partial charge in [0, 0.05) is 34.7 Å². The molecule has 13 rings (SSSR count). The summed E-state index contributed by atoms with van der Waals surface area (Å²) in [6, 6.07) is 32.9. The van der Waals surface area contributed by atoms with Crippen LogP contribution in [0.3, 0.4) is 0 Å². The average Bonchev–Trinajstić information content (AvgIpc) is 3.72. The molecule has 2 heterocycles. The van der Waals surface area contributed by atoms with Crippen LogP contribution in [0.15, 0.2) is 120 Å². The summed E-state index contributed by atoms with van der Waals surface area (Å²) in [5.41, 5.74) is 3.81. The van der Waals surface area contributed by atoms with Crippen molar-refractivity contribution in [2.75, 3.05) is 9.91 Å². The molecular formula is C43H47N5. The molecule has 0 radical (unpaired) electrons. The fourth-order valence-corrected chi connectivity index (χ4v) is 13.0. The van der Waals surface area contributed by atoms with Crippen molar-refractivity contribution in [1.29, 1.82) is 0 Å².